The number of amides is 4. The van der Waals surface area contributed by atoms with Crippen LogP contribution in [0.15, 0.2) is 11.8 Å². The molecule has 18 nitrogen and oxygen atoms in total. The summed E-state index contributed by atoms with van der Waals surface area (Å²) in [5.41, 5.74) is -2.24. The number of hydrogen-bond donors (Lipinski definition) is 7. The number of carbonyl (C=O) groups excluding carboxylic acids is 4. The van der Waals surface area contributed by atoms with Crippen molar-refractivity contribution in [2.75, 3.05) is 32.8 Å². The number of aliphatic hydroxyl groups excluding tert-OH is 2. The standard InChI is InChI=1S/C39H69N5O13/c1-23-18-28(46)33(51-22-23)54-29-20-30(53-32-25(43-35(49)56-38(5,6)7)14-13-24(52-32)21-40-16-17-45)27(44-36(50)57-39(8,9)10)19-26(29)42-31(47)12-11-15-41-34(48)55-37(2,3)4/h13,23,25-30,32-33,40,45-46H,11-12,14-22H2,1-10H3,(H,41,48)(H,42,47)(H,43,49)(H,44,50)/t23-,25+,26+,27-,28+,29+,30-,32+,33+/m0/s1. The minimum Gasteiger partial charge on any atom is -0.466 e. The molecule has 57 heavy (non-hydrogen) atoms. The van der Waals surface area contributed by atoms with E-state index in [9.17, 15) is 29.4 Å². The zero-order valence-corrected chi connectivity index (χ0v) is 35.4. The van der Waals surface area contributed by atoms with Crippen LogP contribution in [0.25, 0.3) is 0 Å². The van der Waals surface area contributed by atoms with Crippen LogP contribution in [0.2, 0.25) is 0 Å². The van der Waals surface area contributed by atoms with Gasteiger partial charge in [0.05, 0.1) is 50.1 Å². The fraction of sp³-hybridized carbons (Fsp3) is 0.846. The maximum absolute atomic E-state index is 13.4. The van der Waals surface area contributed by atoms with Gasteiger partial charge in [-0.05, 0) is 100.0 Å². The molecule has 0 aromatic heterocycles. The van der Waals surface area contributed by atoms with E-state index in [2.05, 4.69) is 26.6 Å². The summed E-state index contributed by atoms with van der Waals surface area (Å²) < 4.78 is 41.7. The third-order valence-electron chi connectivity index (χ3n) is 8.77. The van der Waals surface area contributed by atoms with Crippen molar-refractivity contribution >= 4 is 24.2 Å². The van der Waals surface area contributed by atoms with Crippen LogP contribution in [0.5, 0.6) is 0 Å². The van der Waals surface area contributed by atoms with Gasteiger partial charge in [-0.25, -0.2) is 14.4 Å². The van der Waals surface area contributed by atoms with Crippen molar-refractivity contribution in [1.82, 2.24) is 26.6 Å². The molecule has 3 rings (SSSR count). The fourth-order valence-corrected chi connectivity index (χ4v) is 6.43. The summed E-state index contributed by atoms with van der Waals surface area (Å²) in [7, 11) is 0. The molecule has 1 saturated carbocycles. The number of rotatable bonds is 15. The van der Waals surface area contributed by atoms with Gasteiger partial charge >= 0.3 is 18.3 Å². The second kappa shape index (κ2) is 21.5. The minimum absolute atomic E-state index is 0.0660. The summed E-state index contributed by atoms with van der Waals surface area (Å²) in [5.74, 6) is 0.313. The third kappa shape index (κ3) is 18.4. The molecule has 0 spiro atoms. The second-order valence-electron chi connectivity index (χ2n) is 17.9. The predicted molar refractivity (Wildman–Crippen MR) is 208 cm³/mol. The van der Waals surface area contributed by atoms with Crippen molar-refractivity contribution in [1.29, 1.82) is 0 Å². The van der Waals surface area contributed by atoms with Crippen molar-refractivity contribution in [3.8, 4) is 0 Å². The fourth-order valence-electron chi connectivity index (χ4n) is 6.43. The highest BCUT2D eigenvalue weighted by Crippen LogP contribution is 2.32. The molecule has 0 radical (unpaired) electrons. The van der Waals surface area contributed by atoms with Crippen LogP contribution in [0.4, 0.5) is 14.4 Å². The topological polar surface area (TPSA) is 233 Å². The van der Waals surface area contributed by atoms with Crippen LogP contribution in [-0.4, -0.2) is 133 Å². The van der Waals surface area contributed by atoms with Gasteiger partial charge in [0, 0.05) is 25.9 Å². The Morgan fingerprint density at radius 1 is 0.754 bits per heavy atom. The highest BCUT2D eigenvalue weighted by molar-refractivity contribution is 5.76. The molecule has 3 aliphatic rings. The molecule has 0 unspecified atom stereocenters. The zero-order chi connectivity index (χ0) is 42.6. The lowest BCUT2D eigenvalue weighted by atomic mass is 9.85. The molecule has 2 heterocycles. The average molecular weight is 816 g/mol. The Kier molecular flexibility index (Phi) is 18.1. The summed E-state index contributed by atoms with van der Waals surface area (Å²) in [4.78, 5) is 51.7. The number of carbonyl (C=O) groups is 4. The van der Waals surface area contributed by atoms with Crippen LogP contribution < -0.4 is 26.6 Å². The van der Waals surface area contributed by atoms with E-state index in [1.807, 2.05) is 13.0 Å². The van der Waals surface area contributed by atoms with Gasteiger partial charge in [0.2, 0.25) is 12.2 Å². The molecule has 4 amide bonds. The van der Waals surface area contributed by atoms with E-state index in [0.717, 1.165) is 0 Å². The molecule has 9 atom stereocenters. The van der Waals surface area contributed by atoms with Gasteiger partial charge < -0.3 is 70.0 Å². The van der Waals surface area contributed by atoms with Crippen molar-refractivity contribution in [2.24, 2.45) is 5.92 Å². The molecule has 7 N–H and O–H groups in total. The van der Waals surface area contributed by atoms with Crippen molar-refractivity contribution in [2.45, 2.75) is 174 Å². The first-order valence-corrected chi connectivity index (χ1v) is 20.0. The van der Waals surface area contributed by atoms with Crippen molar-refractivity contribution < 1.29 is 62.5 Å². The van der Waals surface area contributed by atoms with Gasteiger partial charge in [-0.15, -0.1) is 0 Å². The van der Waals surface area contributed by atoms with Gasteiger partial charge in [-0.2, -0.15) is 0 Å². The molecule has 2 aliphatic heterocycles. The number of hydrogen-bond acceptors (Lipinski definition) is 14. The van der Waals surface area contributed by atoms with Gasteiger partial charge in [-0.3, -0.25) is 4.79 Å². The highest BCUT2D eigenvalue weighted by atomic mass is 16.7. The molecule has 0 bridgehead atoms. The number of ether oxygens (including phenoxy) is 7. The van der Waals surface area contributed by atoms with Crippen molar-refractivity contribution in [3.05, 3.63) is 11.8 Å². The molecular formula is C39H69N5O13. The lowest BCUT2D eigenvalue weighted by Crippen LogP contribution is -2.62. The first kappa shape index (κ1) is 48.0. The molecule has 328 valence electrons. The monoisotopic (exact) mass is 815 g/mol. The Morgan fingerprint density at radius 3 is 1.89 bits per heavy atom. The molecule has 0 aromatic rings. The number of aliphatic hydroxyl groups is 2. The van der Waals surface area contributed by atoms with E-state index < -0.39 is 84.1 Å². The molecule has 2 fully saturated rings. The van der Waals surface area contributed by atoms with Crippen LogP contribution >= 0.6 is 0 Å². The molecule has 18 heteroatoms. The highest BCUT2D eigenvalue weighted by Gasteiger charge is 2.45. The first-order chi connectivity index (χ1) is 26.5. The smallest absolute Gasteiger partial charge is 0.408 e. The molecule has 1 aliphatic carbocycles. The Hall–Kier alpha value is -3.42. The molecular weight excluding hydrogens is 746 g/mol. The molecule has 0 aromatic carbocycles. The third-order valence-corrected chi connectivity index (χ3v) is 8.77. The molecule has 1 saturated heterocycles. The van der Waals surface area contributed by atoms with Gasteiger partial charge in [-0.1, -0.05) is 6.92 Å². The average Bonchev–Trinajstić information content (AvgIpc) is 3.05. The largest absolute Gasteiger partial charge is 0.466 e. The van der Waals surface area contributed by atoms with Crippen LogP contribution in [-0.2, 0) is 38.0 Å². The van der Waals surface area contributed by atoms with Gasteiger partial charge in [0.15, 0.2) is 6.29 Å². The summed E-state index contributed by atoms with van der Waals surface area (Å²) in [6.07, 6.45) is -3.36. The summed E-state index contributed by atoms with van der Waals surface area (Å²) in [6, 6.07) is -2.16. The van der Waals surface area contributed by atoms with Gasteiger partial charge in [0.1, 0.15) is 28.7 Å². The maximum Gasteiger partial charge on any atom is 0.408 e. The quantitative estimate of drug-likeness (QED) is 0.0931. The second-order valence-corrected chi connectivity index (χ2v) is 17.9. The zero-order valence-electron chi connectivity index (χ0n) is 35.4. The van der Waals surface area contributed by atoms with Crippen LogP contribution in [0, 0.1) is 5.92 Å². The Labute approximate surface area is 337 Å². The Morgan fingerprint density at radius 2 is 1.32 bits per heavy atom. The van der Waals surface area contributed by atoms with E-state index in [1.54, 1.807) is 62.3 Å². The van der Waals surface area contributed by atoms with E-state index in [1.165, 1.54) is 0 Å². The minimum atomic E-state index is -1.07. The predicted octanol–water partition coefficient (Wildman–Crippen LogP) is 3.08. The lowest BCUT2D eigenvalue weighted by Gasteiger charge is -2.45. The summed E-state index contributed by atoms with van der Waals surface area (Å²) >= 11 is 0. The Balaban J connectivity index is 1.88. The number of alkyl carbamates (subject to hydrolysis) is 3. The Bertz CT molecular complexity index is 1340. The van der Waals surface area contributed by atoms with Crippen LogP contribution in [0.3, 0.4) is 0 Å². The summed E-state index contributed by atoms with van der Waals surface area (Å²) in [5, 5.41) is 34.8. The first-order valence-electron chi connectivity index (χ1n) is 20.0. The van der Waals surface area contributed by atoms with Gasteiger partial charge in [0.25, 0.3) is 0 Å². The van der Waals surface area contributed by atoms with E-state index >= 15 is 0 Å². The van der Waals surface area contributed by atoms with E-state index in [-0.39, 0.29) is 50.8 Å². The summed E-state index contributed by atoms with van der Waals surface area (Å²) in [6.45, 7) is 18.8. The lowest BCUT2D eigenvalue weighted by molar-refractivity contribution is -0.261. The van der Waals surface area contributed by atoms with Crippen molar-refractivity contribution in [3.63, 3.8) is 0 Å². The normalized spacial score (nSPS) is 28.2. The van der Waals surface area contributed by atoms with Crippen LogP contribution in [0.1, 0.15) is 108 Å². The van der Waals surface area contributed by atoms with E-state index in [4.69, 9.17) is 33.2 Å². The maximum atomic E-state index is 13.4. The number of nitrogens with one attached hydrogen (secondary N) is 5. The van der Waals surface area contributed by atoms with E-state index in [0.29, 0.717) is 38.2 Å². The SMILES string of the molecule is C[C@@H]1CO[C@H](O[C@@H]2C[C@H](O[C@H]3OC(CNCCO)=CC[C@H]3NC(=O)OC(C)(C)C)[C@@H](NC(=O)OC(C)(C)C)C[C@H]2NC(=O)CCCNC(=O)OC(C)(C)C)[C@H](O)C1.